The van der Waals surface area contributed by atoms with Gasteiger partial charge in [-0.1, -0.05) is 48.5 Å². The van der Waals surface area contributed by atoms with Gasteiger partial charge >= 0.3 is 0 Å². The Morgan fingerprint density at radius 2 is 1.06 bits per heavy atom. The van der Waals surface area contributed by atoms with Crippen molar-refractivity contribution < 1.29 is 0 Å². The molecule has 36 heavy (non-hydrogen) atoms. The van der Waals surface area contributed by atoms with Crippen LogP contribution in [0.15, 0.2) is 85.2 Å². The third kappa shape index (κ3) is 4.37. The monoisotopic (exact) mass is 494 g/mol. The van der Waals surface area contributed by atoms with Crippen molar-refractivity contribution in [3.8, 4) is 0 Å². The molecule has 6 rings (SSSR count). The predicted molar refractivity (Wildman–Crippen MR) is 151 cm³/mol. The highest BCUT2D eigenvalue weighted by atomic mass is 32.1. The van der Waals surface area contributed by atoms with Gasteiger partial charge < -0.3 is 19.1 Å². The lowest BCUT2D eigenvalue weighted by molar-refractivity contribution is 0.527. The number of imidazole rings is 1. The highest BCUT2D eigenvalue weighted by Gasteiger charge is 2.10. The third-order valence-corrected chi connectivity index (χ3v) is 7.40. The second-order valence-corrected chi connectivity index (χ2v) is 9.53. The van der Waals surface area contributed by atoms with Crippen molar-refractivity contribution in [3.63, 3.8) is 0 Å². The fourth-order valence-corrected chi connectivity index (χ4v) is 5.41. The number of nitrogens with zero attached hydrogens (tertiary/aromatic N) is 2. The summed E-state index contributed by atoms with van der Waals surface area (Å²) in [7, 11) is 0. The van der Waals surface area contributed by atoms with Crippen LogP contribution in [0.25, 0.3) is 32.8 Å². The predicted octanol–water partition coefficient (Wildman–Crippen LogP) is 5.71. The Morgan fingerprint density at radius 3 is 1.56 bits per heavy atom. The zero-order valence-electron chi connectivity index (χ0n) is 20.1. The van der Waals surface area contributed by atoms with Gasteiger partial charge in [0.05, 0.1) is 24.4 Å². The second-order valence-electron chi connectivity index (χ2n) is 9.16. The van der Waals surface area contributed by atoms with Crippen molar-refractivity contribution in [2.24, 2.45) is 0 Å². The van der Waals surface area contributed by atoms with Crippen molar-refractivity contribution >= 4 is 45.1 Å². The molecule has 0 atom stereocenters. The number of aromatic amines is 2. The lowest BCUT2D eigenvalue weighted by Crippen LogP contribution is -2.23. The topological polar surface area (TPSA) is 65.5 Å². The number of hydrogen-bond acceptors (Lipinski definition) is 3. The number of rotatable bonds is 10. The molecule has 0 unspecified atom stereocenters. The van der Waals surface area contributed by atoms with Gasteiger partial charge in [0.1, 0.15) is 0 Å². The van der Waals surface area contributed by atoms with E-state index in [9.17, 15) is 0 Å². The maximum Gasteiger partial charge on any atom is 0.183 e. The van der Waals surface area contributed by atoms with Crippen LogP contribution in [0.1, 0.15) is 11.1 Å². The summed E-state index contributed by atoms with van der Waals surface area (Å²) in [5, 5.41) is 9.79. The minimum Gasteiger partial charge on any atom is -0.361 e. The average Bonchev–Trinajstić information content (AvgIpc) is 3.59. The first kappa shape index (κ1) is 22.8. The number of nitrogens with one attached hydrogen (secondary N) is 4. The quantitative estimate of drug-likeness (QED) is 0.146. The van der Waals surface area contributed by atoms with Gasteiger partial charge in [-0.3, -0.25) is 10.6 Å². The molecule has 0 aliphatic heterocycles. The standard InChI is InChI=1S/C29H30N6S/c36-29-34(19-30-15-13-21-17-32-25-9-3-1-7-23(21)25)27-11-5-6-12-28(27)35(29)20-31-16-14-22-18-33-26-10-4-2-8-24(22)26/h1-12,17-18,30-33H,13-16,19-20H2. The molecule has 0 amide bonds. The van der Waals surface area contributed by atoms with E-state index in [1.807, 2.05) is 0 Å². The van der Waals surface area contributed by atoms with Crippen LogP contribution in [0, 0.1) is 4.77 Å². The van der Waals surface area contributed by atoms with Crippen molar-refractivity contribution in [2.75, 3.05) is 13.1 Å². The zero-order valence-corrected chi connectivity index (χ0v) is 20.9. The Morgan fingerprint density at radius 1 is 0.611 bits per heavy atom. The van der Waals surface area contributed by atoms with E-state index in [4.69, 9.17) is 12.2 Å². The molecule has 3 aromatic heterocycles. The number of para-hydroxylation sites is 4. The third-order valence-electron chi connectivity index (χ3n) is 6.96. The van der Waals surface area contributed by atoms with E-state index < -0.39 is 0 Å². The van der Waals surface area contributed by atoms with E-state index in [2.05, 4.69) is 115 Å². The van der Waals surface area contributed by atoms with Crippen molar-refractivity contribution in [3.05, 3.63) is 101 Å². The van der Waals surface area contributed by atoms with Crippen LogP contribution in [0.3, 0.4) is 0 Å². The van der Waals surface area contributed by atoms with Crippen LogP contribution >= 0.6 is 12.2 Å². The SMILES string of the molecule is S=c1n(CNCCc2c[nH]c3ccccc23)c2ccccc2n1CNCCc1c[nH]c2ccccc12. The molecule has 4 N–H and O–H groups in total. The average molecular weight is 495 g/mol. The molecule has 0 spiro atoms. The summed E-state index contributed by atoms with van der Waals surface area (Å²) in [6.07, 6.45) is 6.16. The maximum atomic E-state index is 5.91. The van der Waals surface area contributed by atoms with Crippen LogP contribution in [0.5, 0.6) is 0 Å². The maximum absolute atomic E-state index is 5.91. The normalized spacial score (nSPS) is 11.8. The smallest absolute Gasteiger partial charge is 0.183 e. The van der Waals surface area contributed by atoms with Crippen LogP contribution < -0.4 is 10.6 Å². The molecule has 6 nitrogen and oxygen atoms in total. The van der Waals surface area contributed by atoms with E-state index >= 15 is 0 Å². The van der Waals surface area contributed by atoms with Crippen molar-refractivity contribution in [1.82, 2.24) is 29.7 Å². The zero-order chi connectivity index (χ0) is 24.3. The van der Waals surface area contributed by atoms with Gasteiger partial charge in [0, 0.05) is 47.3 Å². The number of H-pyrrole nitrogens is 2. The molecule has 0 aliphatic carbocycles. The summed E-state index contributed by atoms with van der Waals surface area (Å²) >= 11 is 5.91. The van der Waals surface area contributed by atoms with Gasteiger partial charge in [-0.2, -0.15) is 0 Å². The van der Waals surface area contributed by atoms with Gasteiger partial charge in [0.2, 0.25) is 0 Å². The van der Waals surface area contributed by atoms with E-state index in [1.54, 1.807) is 0 Å². The van der Waals surface area contributed by atoms with Crippen LogP contribution in [0.4, 0.5) is 0 Å². The number of fused-ring (bicyclic) bond motifs is 3. The van der Waals surface area contributed by atoms with Gasteiger partial charge in [-0.25, -0.2) is 0 Å². The van der Waals surface area contributed by atoms with Crippen molar-refractivity contribution in [2.45, 2.75) is 26.2 Å². The lowest BCUT2D eigenvalue weighted by atomic mass is 10.1. The molecular weight excluding hydrogens is 464 g/mol. The Hall–Kier alpha value is -3.65. The van der Waals surface area contributed by atoms with E-state index in [1.165, 1.54) is 32.9 Å². The van der Waals surface area contributed by atoms with E-state index in [0.29, 0.717) is 13.3 Å². The molecule has 0 fully saturated rings. The summed E-state index contributed by atoms with van der Waals surface area (Å²) in [6.45, 7) is 3.13. The van der Waals surface area contributed by atoms with Gasteiger partial charge in [-0.15, -0.1) is 0 Å². The summed E-state index contributed by atoms with van der Waals surface area (Å²) in [4.78, 5) is 6.73. The Labute approximate surface area is 215 Å². The van der Waals surface area contributed by atoms with E-state index in [0.717, 1.165) is 41.7 Å². The summed E-state index contributed by atoms with van der Waals surface area (Å²) in [5.74, 6) is 0. The van der Waals surface area contributed by atoms with Crippen LogP contribution in [0.2, 0.25) is 0 Å². The Balaban J connectivity index is 1.10. The minimum absolute atomic E-state index is 0.685. The fraction of sp³-hybridized carbons (Fsp3) is 0.207. The van der Waals surface area contributed by atoms with Gasteiger partial charge in [0.25, 0.3) is 0 Å². The van der Waals surface area contributed by atoms with Gasteiger partial charge in [0.15, 0.2) is 4.77 Å². The highest BCUT2D eigenvalue weighted by molar-refractivity contribution is 7.71. The molecule has 0 saturated heterocycles. The van der Waals surface area contributed by atoms with E-state index in [-0.39, 0.29) is 0 Å². The molecule has 0 bridgehead atoms. The lowest BCUT2D eigenvalue weighted by Gasteiger charge is -2.08. The molecule has 3 heterocycles. The molecule has 7 heteroatoms. The Bertz CT molecular complexity index is 1560. The summed E-state index contributed by atoms with van der Waals surface area (Å²) < 4.78 is 5.22. The molecule has 182 valence electrons. The number of aromatic nitrogens is 4. The first-order chi connectivity index (χ1) is 17.8. The molecule has 0 aliphatic rings. The number of hydrogen-bond donors (Lipinski definition) is 4. The van der Waals surface area contributed by atoms with Crippen LogP contribution in [-0.4, -0.2) is 32.2 Å². The summed E-state index contributed by atoms with van der Waals surface area (Å²) in [6, 6.07) is 25.4. The fourth-order valence-electron chi connectivity index (χ4n) is 5.08. The summed E-state index contributed by atoms with van der Waals surface area (Å²) in [5.41, 5.74) is 7.36. The Kier molecular flexibility index (Phi) is 6.42. The first-order valence-corrected chi connectivity index (χ1v) is 12.9. The number of benzene rings is 3. The molecule has 0 saturated carbocycles. The molecule has 3 aromatic carbocycles. The molecule has 6 aromatic rings. The largest absolute Gasteiger partial charge is 0.361 e. The molecular formula is C29H30N6S. The first-order valence-electron chi connectivity index (χ1n) is 12.5. The second kappa shape index (κ2) is 10.1. The van der Waals surface area contributed by atoms with Crippen LogP contribution in [-0.2, 0) is 26.2 Å². The molecule has 0 radical (unpaired) electrons. The highest BCUT2D eigenvalue weighted by Crippen LogP contribution is 2.20. The van der Waals surface area contributed by atoms with Gasteiger partial charge in [-0.05, 0) is 60.5 Å². The minimum atomic E-state index is 0.685. The van der Waals surface area contributed by atoms with Crippen molar-refractivity contribution in [1.29, 1.82) is 0 Å².